The van der Waals surface area contributed by atoms with Crippen LogP contribution in [0.5, 0.6) is 0 Å². The number of esters is 1. The van der Waals surface area contributed by atoms with Crippen LogP contribution in [0.2, 0.25) is 0 Å². The number of imide groups is 1. The van der Waals surface area contributed by atoms with Crippen molar-refractivity contribution in [1.82, 2.24) is 15.1 Å². The number of rotatable bonds is 9. The molecule has 10 nitrogen and oxygen atoms in total. The van der Waals surface area contributed by atoms with Gasteiger partial charge in [0.05, 0.1) is 0 Å². The number of ether oxygens (including phenoxy) is 1. The molecule has 2 fully saturated rings. The molecule has 1 spiro atoms. The van der Waals surface area contributed by atoms with E-state index in [2.05, 4.69) is 17.6 Å². The smallest absolute Gasteiger partial charge is 0.326 e. The van der Waals surface area contributed by atoms with Gasteiger partial charge in [-0.3, -0.25) is 24.1 Å². The van der Waals surface area contributed by atoms with E-state index in [9.17, 15) is 24.0 Å². The van der Waals surface area contributed by atoms with Gasteiger partial charge in [0.25, 0.3) is 17.7 Å². The summed E-state index contributed by atoms with van der Waals surface area (Å²) in [6.07, 6.45) is 3.85. The van der Waals surface area contributed by atoms with Gasteiger partial charge >= 0.3 is 12.0 Å². The molecule has 2 N–H and O–H groups in total. The molecule has 190 valence electrons. The molecule has 1 aliphatic heterocycles. The Morgan fingerprint density at radius 3 is 2.46 bits per heavy atom. The standard InChI is InChI=1S/C25H34N4O6/c1-4-17-10-12-25(13-11-17)23(33)29(24(34)27-25)15-21(31)35-16-20(30)26-19-9-7-8-18(14-19)22(32)28(5-2)6-3/h7-9,14,17H,4-6,10-13,15-16H2,1-3H3,(H,26,30)(H,27,34). The van der Waals surface area contributed by atoms with Crippen molar-refractivity contribution in [3.05, 3.63) is 29.8 Å². The first-order valence-electron chi connectivity index (χ1n) is 12.2. The molecule has 1 heterocycles. The van der Waals surface area contributed by atoms with Crippen LogP contribution in [0.25, 0.3) is 0 Å². The number of carbonyl (C=O) groups excluding carboxylic acids is 5. The first kappa shape index (κ1) is 26.2. The Morgan fingerprint density at radius 2 is 1.83 bits per heavy atom. The predicted octanol–water partition coefficient (Wildman–Crippen LogP) is 2.54. The maximum absolute atomic E-state index is 12.9. The highest BCUT2D eigenvalue weighted by molar-refractivity contribution is 6.08. The topological polar surface area (TPSA) is 125 Å². The Balaban J connectivity index is 1.50. The number of hydrogen-bond donors (Lipinski definition) is 2. The van der Waals surface area contributed by atoms with Gasteiger partial charge in [0.15, 0.2) is 6.61 Å². The average Bonchev–Trinajstić information content (AvgIpc) is 3.08. The Morgan fingerprint density at radius 1 is 1.14 bits per heavy atom. The van der Waals surface area contributed by atoms with Crippen LogP contribution in [0.3, 0.4) is 0 Å². The van der Waals surface area contributed by atoms with Crippen LogP contribution in [0.15, 0.2) is 24.3 Å². The molecular weight excluding hydrogens is 452 g/mol. The van der Waals surface area contributed by atoms with Crippen LogP contribution in [-0.2, 0) is 19.1 Å². The third-order valence-corrected chi connectivity index (χ3v) is 6.88. The number of nitrogens with one attached hydrogen (secondary N) is 2. The maximum atomic E-state index is 12.9. The zero-order valence-corrected chi connectivity index (χ0v) is 20.6. The number of hydrogen-bond acceptors (Lipinski definition) is 6. The van der Waals surface area contributed by atoms with Crippen molar-refractivity contribution in [3.63, 3.8) is 0 Å². The molecule has 0 aromatic heterocycles. The number of amides is 5. The molecule has 0 radical (unpaired) electrons. The number of carbonyl (C=O) groups is 5. The van der Waals surface area contributed by atoms with Crippen molar-refractivity contribution in [2.75, 3.05) is 31.6 Å². The van der Waals surface area contributed by atoms with Crippen molar-refractivity contribution in [2.24, 2.45) is 5.92 Å². The molecular formula is C25H34N4O6. The summed E-state index contributed by atoms with van der Waals surface area (Å²) in [6, 6.07) is 5.88. The van der Waals surface area contributed by atoms with Crippen molar-refractivity contribution >= 4 is 35.4 Å². The Bertz CT molecular complexity index is 982. The van der Waals surface area contributed by atoms with Gasteiger partial charge in [-0.1, -0.05) is 19.4 Å². The number of anilines is 1. The van der Waals surface area contributed by atoms with E-state index in [0.717, 1.165) is 24.2 Å². The Labute approximate surface area is 205 Å². The number of nitrogens with zero attached hydrogens (tertiary/aromatic N) is 2. The van der Waals surface area contributed by atoms with E-state index in [1.807, 2.05) is 13.8 Å². The first-order chi connectivity index (χ1) is 16.7. The lowest BCUT2D eigenvalue weighted by molar-refractivity contribution is -0.150. The highest BCUT2D eigenvalue weighted by atomic mass is 16.5. The van der Waals surface area contributed by atoms with Gasteiger partial charge < -0.3 is 20.3 Å². The molecule has 1 saturated carbocycles. The minimum Gasteiger partial charge on any atom is -0.454 e. The summed E-state index contributed by atoms with van der Waals surface area (Å²) < 4.78 is 5.00. The molecule has 1 aromatic carbocycles. The Hall–Kier alpha value is -3.43. The lowest BCUT2D eigenvalue weighted by atomic mass is 9.75. The van der Waals surface area contributed by atoms with Crippen molar-refractivity contribution in [1.29, 1.82) is 0 Å². The van der Waals surface area contributed by atoms with Gasteiger partial charge in [-0.2, -0.15) is 0 Å². The second kappa shape index (κ2) is 11.3. The fourth-order valence-corrected chi connectivity index (χ4v) is 4.68. The van der Waals surface area contributed by atoms with Crippen LogP contribution in [0, 0.1) is 5.92 Å². The molecule has 0 bridgehead atoms. The maximum Gasteiger partial charge on any atom is 0.326 e. The molecule has 2 aliphatic rings. The van der Waals surface area contributed by atoms with Gasteiger partial charge in [0.2, 0.25) is 0 Å². The lowest BCUT2D eigenvalue weighted by Crippen LogP contribution is -2.49. The third kappa shape index (κ3) is 5.98. The van der Waals surface area contributed by atoms with Gasteiger partial charge in [0.1, 0.15) is 12.1 Å². The van der Waals surface area contributed by atoms with Crippen LogP contribution < -0.4 is 10.6 Å². The minimum atomic E-state index is -0.937. The van der Waals surface area contributed by atoms with E-state index >= 15 is 0 Å². The third-order valence-electron chi connectivity index (χ3n) is 6.88. The van der Waals surface area contributed by atoms with Crippen LogP contribution in [0.4, 0.5) is 10.5 Å². The highest BCUT2D eigenvalue weighted by Gasteiger charge is 2.52. The van der Waals surface area contributed by atoms with Gasteiger partial charge in [-0.25, -0.2) is 4.79 Å². The van der Waals surface area contributed by atoms with Crippen molar-refractivity contribution < 1.29 is 28.7 Å². The monoisotopic (exact) mass is 486 g/mol. The molecule has 0 unspecified atom stereocenters. The van der Waals surface area contributed by atoms with Gasteiger partial charge in [-0.05, 0) is 63.6 Å². The van der Waals surface area contributed by atoms with Crippen LogP contribution in [0.1, 0.15) is 63.2 Å². The second-order valence-corrected chi connectivity index (χ2v) is 9.02. The number of urea groups is 1. The molecule has 0 atom stereocenters. The normalized spacial score (nSPS) is 21.6. The fourth-order valence-electron chi connectivity index (χ4n) is 4.68. The van der Waals surface area contributed by atoms with Gasteiger partial charge in [-0.15, -0.1) is 0 Å². The summed E-state index contributed by atoms with van der Waals surface area (Å²) in [5, 5.41) is 5.35. The van der Waals surface area contributed by atoms with E-state index in [1.54, 1.807) is 29.2 Å². The van der Waals surface area contributed by atoms with Crippen LogP contribution in [-0.4, -0.2) is 71.3 Å². The van der Waals surface area contributed by atoms with E-state index in [1.165, 1.54) is 0 Å². The molecule has 10 heteroatoms. The highest BCUT2D eigenvalue weighted by Crippen LogP contribution is 2.37. The predicted molar refractivity (Wildman–Crippen MR) is 129 cm³/mol. The van der Waals surface area contributed by atoms with E-state index in [0.29, 0.717) is 43.1 Å². The largest absolute Gasteiger partial charge is 0.454 e. The van der Waals surface area contributed by atoms with Crippen LogP contribution >= 0.6 is 0 Å². The summed E-state index contributed by atoms with van der Waals surface area (Å²) in [6.45, 7) is 5.89. The van der Waals surface area contributed by atoms with E-state index < -0.39 is 42.5 Å². The van der Waals surface area contributed by atoms with Crippen molar-refractivity contribution in [2.45, 2.75) is 58.4 Å². The second-order valence-electron chi connectivity index (χ2n) is 9.02. The summed E-state index contributed by atoms with van der Waals surface area (Å²) in [7, 11) is 0. The fraction of sp³-hybridized carbons (Fsp3) is 0.560. The summed E-state index contributed by atoms with van der Waals surface area (Å²) in [4.78, 5) is 64.9. The zero-order valence-electron chi connectivity index (χ0n) is 20.6. The lowest BCUT2D eigenvalue weighted by Gasteiger charge is -2.34. The van der Waals surface area contributed by atoms with E-state index in [4.69, 9.17) is 4.74 Å². The van der Waals surface area contributed by atoms with E-state index in [-0.39, 0.29) is 5.91 Å². The average molecular weight is 487 g/mol. The minimum absolute atomic E-state index is 0.146. The number of benzene rings is 1. The van der Waals surface area contributed by atoms with Crippen molar-refractivity contribution in [3.8, 4) is 0 Å². The molecule has 5 amide bonds. The molecule has 1 aliphatic carbocycles. The Kier molecular flexibility index (Phi) is 8.48. The zero-order chi connectivity index (χ0) is 25.6. The quantitative estimate of drug-likeness (QED) is 0.408. The molecule has 35 heavy (non-hydrogen) atoms. The molecule has 3 rings (SSSR count). The summed E-state index contributed by atoms with van der Waals surface area (Å²) in [5.41, 5.74) is -0.111. The first-order valence-corrected chi connectivity index (χ1v) is 12.2. The van der Waals surface area contributed by atoms with Gasteiger partial charge in [0, 0.05) is 24.3 Å². The summed E-state index contributed by atoms with van der Waals surface area (Å²) >= 11 is 0. The summed E-state index contributed by atoms with van der Waals surface area (Å²) in [5.74, 6) is -1.47. The SMILES string of the molecule is CCC1CCC2(CC1)NC(=O)N(CC(=O)OCC(=O)Nc1cccc(C(=O)N(CC)CC)c1)C2=O. The molecule has 1 aromatic rings. The molecule has 1 saturated heterocycles.